The summed E-state index contributed by atoms with van der Waals surface area (Å²) in [7, 11) is 0. The zero-order valence-corrected chi connectivity index (χ0v) is 22.8. The Balaban J connectivity index is 1.36. The van der Waals surface area contributed by atoms with Gasteiger partial charge in [0.1, 0.15) is 29.2 Å². The minimum absolute atomic E-state index is 0.151. The number of nitrogens with zero attached hydrogens (tertiary/aromatic N) is 6. The van der Waals surface area contributed by atoms with Crippen molar-refractivity contribution in [1.82, 2.24) is 29.6 Å². The number of carbonyl (C=O) groups is 3. The summed E-state index contributed by atoms with van der Waals surface area (Å²) in [4.78, 5) is 52.2. The second-order valence-corrected chi connectivity index (χ2v) is 10.8. The van der Waals surface area contributed by atoms with E-state index in [4.69, 9.17) is 0 Å². The first kappa shape index (κ1) is 28.5. The smallest absolute Gasteiger partial charge is 0.328 e. The Labute approximate surface area is 235 Å². The highest BCUT2D eigenvalue weighted by Gasteiger charge is 2.40. The van der Waals surface area contributed by atoms with Crippen LogP contribution in [0.3, 0.4) is 0 Å². The van der Waals surface area contributed by atoms with Crippen molar-refractivity contribution in [2.24, 2.45) is 0 Å². The number of rotatable bonds is 8. The number of alkyl halides is 4. The maximum atomic E-state index is 14.4. The molecule has 1 saturated heterocycles. The Hall–Kier alpha value is -4.07. The molecule has 0 radical (unpaired) electrons. The summed E-state index contributed by atoms with van der Waals surface area (Å²) in [5.41, 5.74) is 1.93. The lowest BCUT2D eigenvalue weighted by Crippen LogP contribution is -2.43. The molecule has 3 aromatic heterocycles. The van der Waals surface area contributed by atoms with Crippen molar-refractivity contribution in [3.05, 3.63) is 58.2 Å². The van der Waals surface area contributed by atoms with E-state index in [1.807, 2.05) is 0 Å². The third kappa shape index (κ3) is 6.32. The van der Waals surface area contributed by atoms with Gasteiger partial charge in [-0.1, -0.05) is 6.07 Å². The summed E-state index contributed by atoms with van der Waals surface area (Å²) in [6.07, 6.45) is -4.29. The molecule has 9 nitrogen and oxygen atoms in total. The number of amides is 1. The summed E-state index contributed by atoms with van der Waals surface area (Å²) in [6, 6.07) is 4.16. The summed E-state index contributed by atoms with van der Waals surface area (Å²) < 4.78 is 53.8. The fraction of sp³-hybridized carbons (Fsp3) is 0.370. The molecule has 14 heteroatoms. The molecule has 41 heavy (non-hydrogen) atoms. The Morgan fingerprint density at radius 3 is 2.54 bits per heavy atom. The zero-order chi connectivity index (χ0) is 29.5. The standard InChI is InChI=1S/C27H24F4N6O3S/c1-14(38)26-20-5-16(17-9-32-15(2)33-10-17)3-4-21(20)37(35-26)12-25(40)36-11-18(28)6-22(36)23(39)7-24-34-19(13-41-24)8-27(29,30)31/h3-5,9-10,13,18,22H,6-8,11-12H2,1-2H3/t18-,22+/m1/s1. The number of hydrogen-bond donors (Lipinski definition) is 0. The molecule has 0 unspecified atom stereocenters. The number of hydrogen-bond acceptors (Lipinski definition) is 8. The van der Waals surface area contributed by atoms with Gasteiger partial charge in [0, 0.05) is 42.1 Å². The van der Waals surface area contributed by atoms with Crippen molar-refractivity contribution in [2.75, 3.05) is 6.54 Å². The first-order valence-corrected chi connectivity index (χ1v) is 13.5. The number of likely N-dealkylation sites (tertiary alicyclic amines) is 1. The number of carbonyl (C=O) groups excluding carboxylic acids is 3. The number of fused-ring (bicyclic) bond motifs is 1. The van der Waals surface area contributed by atoms with Gasteiger partial charge in [-0.15, -0.1) is 11.3 Å². The average Bonchev–Trinajstić information content (AvgIpc) is 3.60. The fourth-order valence-electron chi connectivity index (χ4n) is 4.85. The van der Waals surface area contributed by atoms with Gasteiger partial charge in [-0.2, -0.15) is 18.3 Å². The first-order chi connectivity index (χ1) is 19.4. The van der Waals surface area contributed by atoms with Crippen molar-refractivity contribution in [2.45, 2.75) is 58.0 Å². The van der Waals surface area contributed by atoms with Crippen molar-refractivity contribution >= 4 is 39.7 Å². The molecule has 1 aliphatic heterocycles. The minimum atomic E-state index is -4.43. The van der Waals surface area contributed by atoms with Crippen molar-refractivity contribution in [1.29, 1.82) is 0 Å². The molecular formula is C27H24F4N6O3S. The van der Waals surface area contributed by atoms with E-state index in [0.29, 0.717) is 16.7 Å². The summed E-state index contributed by atoms with van der Waals surface area (Å²) >= 11 is 0.914. The lowest BCUT2D eigenvalue weighted by molar-refractivity contribution is -0.138. The number of aryl methyl sites for hydroxylation is 1. The van der Waals surface area contributed by atoms with Crippen LogP contribution in [0.5, 0.6) is 0 Å². The van der Waals surface area contributed by atoms with E-state index < -0.39 is 36.5 Å². The SMILES string of the molecule is CC(=O)c1nn(CC(=O)N2C[C@H](F)C[C@H]2C(=O)Cc2nc(CC(F)(F)F)cs2)c2ccc(-c3cnc(C)nc3)cc12. The molecule has 4 heterocycles. The van der Waals surface area contributed by atoms with E-state index in [9.17, 15) is 31.9 Å². The summed E-state index contributed by atoms with van der Waals surface area (Å²) in [6.45, 7) is 2.47. The molecule has 1 aliphatic rings. The predicted octanol–water partition coefficient (Wildman–Crippen LogP) is 4.32. The van der Waals surface area contributed by atoms with Crippen LogP contribution >= 0.6 is 11.3 Å². The van der Waals surface area contributed by atoms with E-state index in [1.165, 1.54) is 17.0 Å². The zero-order valence-electron chi connectivity index (χ0n) is 22.0. The number of thiazole rings is 1. The van der Waals surface area contributed by atoms with E-state index in [2.05, 4.69) is 20.1 Å². The number of Topliss-reactive ketones (excluding diaryl/α,β-unsaturated/α-hetero) is 2. The summed E-state index contributed by atoms with van der Waals surface area (Å²) in [5, 5.41) is 6.26. The van der Waals surface area contributed by atoms with Crippen LogP contribution in [-0.2, 0) is 29.0 Å². The second kappa shape index (κ2) is 11.1. The molecule has 0 aliphatic carbocycles. The maximum Gasteiger partial charge on any atom is 0.394 e. The molecule has 0 N–H and O–H groups in total. The molecule has 5 rings (SSSR count). The third-order valence-electron chi connectivity index (χ3n) is 6.73. The Morgan fingerprint density at radius 1 is 1.12 bits per heavy atom. The molecule has 0 spiro atoms. The van der Waals surface area contributed by atoms with Crippen LogP contribution in [0.1, 0.15) is 40.4 Å². The molecule has 1 amide bonds. The van der Waals surface area contributed by atoms with Gasteiger partial charge in [0.15, 0.2) is 11.6 Å². The third-order valence-corrected chi connectivity index (χ3v) is 7.63. The van der Waals surface area contributed by atoms with Gasteiger partial charge in [-0.3, -0.25) is 19.1 Å². The van der Waals surface area contributed by atoms with Crippen LogP contribution < -0.4 is 0 Å². The number of benzene rings is 1. The Morgan fingerprint density at radius 2 is 1.85 bits per heavy atom. The van der Waals surface area contributed by atoms with E-state index in [0.717, 1.165) is 27.4 Å². The van der Waals surface area contributed by atoms with Gasteiger partial charge in [0.2, 0.25) is 5.91 Å². The minimum Gasteiger partial charge on any atom is -0.328 e. The second-order valence-electron chi connectivity index (χ2n) is 9.88. The van der Waals surface area contributed by atoms with Crippen LogP contribution in [0.15, 0.2) is 36.0 Å². The Bertz CT molecular complexity index is 1630. The lowest BCUT2D eigenvalue weighted by atomic mass is 10.0. The van der Waals surface area contributed by atoms with E-state index >= 15 is 0 Å². The van der Waals surface area contributed by atoms with Gasteiger partial charge >= 0.3 is 6.18 Å². The highest BCUT2D eigenvalue weighted by molar-refractivity contribution is 7.09. The predicted molar refractivity (Wildman–Crippen MR) is 141 cm³/mol. The lowest BCUT2D eigenvalue weighted by Gasteiger charge is -2.23. The first-order valence-electron chi connectivity index (χ1n) is 12.6. The van der Waals surface area contributed by atoms with Crippen LogP contribution in [0.4, 0.5) is 17.6 Å². The van der Waals surface area contributed by atoms with Crippen molar-refractivity contribution in [3.63, 3.8) is 0 Å². The molecule has 0 bridgehead atoms. The normalized spacial score (nSPS) is 17.4. The average molecular weight is 589 g/mol. The van der Waals surface area contributed by atoms with Gasteiger partial charge in [-0.25, -0.2) is 19.3 Å². The maximum absolute atomic E-state index is 14.4. The molecule has 0 saturated carbocycles. The monoisotopic (exact) mass is 588 g/mol. The molecule has 214 valence electrons. The van der Waals surface area contributed by atoms with Gasteiger partial charge in [-0.05, 0) is 24.6 Å². The molecule has 1 aromatic carbocycles. The Kier molecular flexibility index (Phi) is 7.68. The molecule has 1 fully saturated rings. The fourth-order valence-corrected chi connectivity index (χ4v) is 5.65. The van der Waals surface area contributed by atoms with Crippen LogP contribution in [0.2, 0.25) is 0 Å². The molecule has 2 atom stereocenters. The van der Waals surface area contributed by atoms with Gasteiger partial charge in [0.25, 0.3) is 0 Å². The number of ketones is 2. The quantitative estimate of drug-likeness (QED) is 0.223. The van der Waals surface area contributed by atoms with Crippen molar-refractivity contribution in [3.8, 4) is 11.1 Å². The molecule has 4 aromatic rings. The van der Waals surface area contributed by atoms with Crippen LogP contribution in [0, 0.1) is 6.92 Å². The summed E-state index contributed by atoms with van der Waals surface area (Å²) in [5.74, 6) is -0.787. The number of aromatic nitrogens is 5. The number of halogens is 4. The van der Waals surface area contributed by atoms with E-state index in [1.54, 1.807) is 37.5 Å². The van der Waals surface area contributed by atoms with Gasteiger partial charge in [0.05, 0.1) is 36.6 Å². The highest BCUT2D eigenvalue weighted by Crippen LogP contribution is 2.29. The van der Waals surface area contributed by atoms with Crippen LogP contribution in [0.25, 0.3) is 22.0 Å². The van der Waals surface area contributed by atoms with Crippen molar-refractivity contribution < 1.29 is 31.9 Å². The topological polar surface area (TPSA) is 111 Å². The van der Waals surface area contributed by atoms with Crippen LogP contribution in [-0.4, -0.2) is 72.0 Å². The molecular weight excluding hydrogens is 564 g/mol. The largest absolute Gasteiger partial charge is 0.394 e. The van der Waals surface area contributed by atoms with Gasteiger partial charge < -0.3 is 4.90 Å². The van der Waals surface area contributed by atoms with E-state index in [-0.39, 0.29) is 48.1 Å². The highest BCUT2D eigenvalue weighted by atomic mass is 32.1.